The van der Waals surface area contributed by atoms with E-state index in [0.29, 0.717) is 0 Å². The van der Waals surface area contributed by atoms with Crippen molar-refractivity contribution >= 4 is 27.5 Å². The van der Waals surface area contributed by atoms with E-state index in [1.165, 1.54) is 11.1 Å². The Labute approximate surface area is 138 Å². The van der Waals surface area contributed by atoms with Crippen molar-refractivity contribution in [3.8, 4) is 5.75 Å². The predicted octanol–water partition coefficient (Wildman–Crippen LogP) is 4.73. The van der Waals surface area contributed by atoms with Crippen LogP contribution in [-0.2, 0) is 6.42 Å². The summed E-state index contributed by atoms with van der Waals surface area (Å²) in [4.78, 5) is 0. The van der Waals surface area contributed by atoms with Crippen LogP contribution in [-0.4, -0.2) is 13.2 Å². The third-order valence-electron chi connectivity index (χ3n) is 3.82. The normalized spacial score (nSPS) is 18.2. The van der Waals surface area contributed by atoms with Crippen molar-refractivity contribution in [2.24, 2.45) is 0 Å². The molecule has 2 unspecified atom stereocenters. The topological polar surface area (TPSA) is 21.3 Å². The van der Waals surface area contributed by atoms with E-state index in [9.17, 15) is 0 Å². The van der Waals surface area contributed by atoms with Crippen LogP contribution in [0.15, 0.2) is 40.9 Å². The first-order valence-electron chi connectivity index (χ1n) is 7.00. The minimum atomic E-state index is 0.122. The number of fused-ring (bicyclic) bond motifs is 1. The molecule has 0 aromatic heterocycles. The number of ether oxygens (including phenoxy) is 1. The summed E-state index contributed by atoms with van der Waals surface area (Å²) in [7, 11) is 1.97. The first-order valence-corrected chi connectivity index (χ1v) is 8.17. The van der Waals surface area contributed by atoms with Gasteiger partial charge >= 0.3 is 0 Å². The molecule has 0 bridgehead atoms. The average molecular weight is 367 g/mol. The molecule has 0 spiro atoms. The van der Waals surface area contributed by atoms with Crippen LogP contribution in [0, 0.1) is 0 Å². The molecular weight excluding hydrogens is 350 g/mol. The number of halogens is 2. The number of nitrogens with one attached hydrogen (secondary N) is 1. The van der Waals surface area contributed by atoms with Crippen LogP contribution in [0.5, 0.6) is 5.75 Å². The van der Waals surface area contributed by atoms with Crippen LogP contribution in [0.1, 0.15) is 29.7 Å². The Morgan fingerprint density at radius 1 is 1.24 bits per heavy atom. The highest BCUT2D eigenvalue weighted by Gasteiger charge is 2.21. The Hall–Kier alpha value is -1.03. The van der Waals surface area contributed by atoms with Gasteiger partial charge < -0.3 is 10.1 Å². The molecule has 21 heavy (non-hydrogen) atoms. The number of hydrogen-bond acceptors (Lipinski definition) is 2. The van der Waals surface area contributed by atoms with Crippen molar-refractivity contribution < 1.29 is 4.74 Å². The Bertz CT molecular complexity index is 674. The summed E-state index contributed by atoms with van der Waals surface area (Å²) >= 11 is 9.66. The maximum absolute atomic E-state index is 6.22. The van der Waals surface area contributed by atoms with Gasteiger partial charge in [-0.25, -0.2) is 0 Å². The monoisotopic (exact) mass is 365 g/mol. The molecule has 1 aliphatic heterocycles. The molecule has 3 rings (SSSR count). The van der Waals surface area contributed by atoms with Crippen LogP contribution in [0.3, 0.4) is 0 Å². The lowest BCUT2D eigenvalue weighted by atomic mass is 9.96. The van der Waals surface area contributed by atoms with Gasteiger partial charge in [-0.15, -0.1) is 0 Å². The second-order valence-electron chi connectivity index (χ2n) is 5.39. The maximum Gasteiger partial charge on any atom is 0.123 e. The van der Waals surface area contributed by atoms with Gasteiger partial charge in [-0.05, 0) is 64.8 Å². The van der Waals surface area contributed by atoms with Gasteiger partial charge in [-0.3, -0.25) is 0 Å². The van der Waals surface area contributed by atoms with Crippen molar-refractivity contribution in [3.63, 3.8) is 0 Å². The summed E-state index contributed by atoms with van der Waals surface area (Å²) in [5, 5.41) is 4.10. The van der Waals surface area contributed by atoms with E-state index in [2.05, 4.69) is 52.4 Å². The largest absolute Gasteiger partial charge is 0.490 e. The lowest BCUT2D eigenvalue weighted by Gasteiger charge is -2.18. The Kier molecular flexibility index (Phi) is 4.25. The first-order chi connectivity index (χ1) is 10.1. The number of hydrogen-bond donors (Lipinski definition) is 1. The van der Waals surface area contributed by atoms with Crippen LogP contribution in [0.2, 0.25) is 5.02 Å². The number of rotatable bonds is 3. The molecule has 0 fully saturated rings. The summed E-state index contributed by atoms with van der Waals surface area (Å²) < 4.78 is 6.68. The molecule has 0 amide bonds. The average Bonchev–Trinajstić information content (AvgIpc) is 2.83. The molecule has 0 saturated carbocycles. The van der Waals surface area contributed by atoms with Gasteiger partial charge in [-0.1, -0.05) is 29.8 Å². The van der Waals surface area contributed by atoms with E-state index in [0.717, 1.165) is 27.2 Å². The fourth-order valence-electron chi connectivity index (χ4n) is 2.84. The van der Waals surface area contributed by atoms with E-state index < -0.39 is 0 Å². The summed E-state index contributed by atoms with van der Waals surface area (Å²) in [6.07, 6.45) is 1.24. The molecule has 0 radical (unpaired) electrons. The molecular formula is C17H17BrClNO. The van der Waals surface area contributed by atoms with Crippen molar-refractivity contribution in [1.82, 2.24) is 5.32 Å². The molecule has 2 atom stereocenters. The molecule has 2 nitrogen and oxygen atoms in total. The zero-order valence-corrected chi connectivity index (χ0v) is 14.3. The highest BCUT2D eigenvalue weighted by molar-refractivity contribution is 9.10. The predicted molar refractivity (Wildman–Crippen MR) is 90.3 cm³/mol. The van der Waals surface area contributed by atoms with Gasteiger partial charge in [0.25, 0.3) is 0 Å². The van der Waals surface area contributed by atoms with Gasteiger partial charge in [0, 0.05) is 10.9 Å². The first kappa shape index (κ1) is 14.9. The summed E-state index contributed by atoms with van der Waals surface area (Å²) in [5.74, 6) is 1.01. The third-order valence-corrected chi connectivity index (χ3v) is 5.05. The smallest absolute Gasteiger partial charge is 0.123 e. The molecule has 4 heteroatoms. The van der Waals surface area contributed by atoms with E-state index in [4.69, 9.17) is 16.3 Å². The lowest BCUT2D eigenvalue weighted by molar-refractivity contribution is 0.254. The van der Waals surface area contributed by atoms with Crippen LogP contribution in [0.25, 0.3) is 0 Å². The number of benzene rings is 2. The standard InChI is InChI=1S/C17H17BrClNO/c1-10-7-13-8-11(4-6-16(13)21-10)17(20-2)12-3-5-14(18)15(19)9-12/h3-6,8-10,17,20H,7H2,1-2H3. The zero-order valence-electron chi connectivity index (χ0n) is 12.0. The van der Waals surface area contributed by atoms with Crippen molar-refractivity contribution in [2.45, 2.75) is 25.5 Å². The Balaban J connectivity index is 1.97. The molecule has 2 aromatic rings. The summed E-state index contributed by atoms with van der Waals surface area (Å²) in [5.41, 5.74) is 3.66. The fraction of sp³-hybridized carbons (Fsp3) is 0.294. The summed E-state index contributed by atoms with van der Waals surface area (Å²) in [6, 6.07) is 12.6. The Morgan fingerprint density at radius 2 is 1.95 bits per heavy atom. The van der Waals surface area contributed by atoms with Gasteiger partial charge in [0.15, 0.2) is 0 Å². The molecule has 1 N–H and O–H groups in total. The fourth-order valence-corrected chi connectivity index (χ4v) is 3.27. The quantitative estimate of drug-likeness (QED) is 0.847. The molecule has 0 aliphatic carbocycles. The van der Waals surface area contributed by atoms with Gasteiger partial charge in [0.1, 0.15) is 11.9 Å². The molecule has 110 valence electrons. The van der Waals surface area contributed by atoms with E-state index in [1.54, 1.807) is 0 Å². The van der Waals surface area contributed by atoms with E-state index >= 15 is 0 Å². The van der Waals surface area contributed by atoms with Crippen LogP contribution < -0.4 is 10.1 Å². The van der Waals surface area contributed by atoms with Gasteiger partial charge in [0.2, 0.25) is 0 Å². The van der Waals surface area contributed by atoms with Crippen LogP contribution in [0.4, 0.5) is 0 Å². The van der Waals surface area contributed by atoms with E-state index in [-0.39, 0.29) is 12.1 Å². The minimum Gasteiger partial charge on any atom is -0.490 e. The highest BCUT2D eigenvalue weighted by Crippen LogP contribution is 2.34. The van der Waals surface area contributed by atoms with Crippen LogP contribution >= 0.6 is 27.5 Å². The molecule has 2 aromatic carbocycles. The molecule has 0 saturated heterocycles. The molecule has 1 heterocycles. The maximum atomic E-state index is 6.22. The second kappa shape index (κ2) is 5.99. The minimum absolute atomic E-state index is 0.122. The van der Waals surface area contributed by atoms with Gasteiger partial charge in [0.05, 0.1) is 11.1 Å². The zero-order chi connectivity index (χ0) is 15.0. The molecule has 1 aliphatic rings. The van der Waals surface area contributed by atoms with E-state index in [1.807, 2.05) is 19.2 Å². The van der Waals surface area contributed by atoms with Gasteiger partial charge in [-0.2, -0.15) is 0 Å². The van der Waals surface area contributed by atoms with Crippen molar-refractivity contribution in [3.05, 3.63) is 62.6 Å². The lowest BCUT2D eigenvalue weighted by Crippen LogP contribution is -2.17. The SMILES string of the molecule is CNC(c1ccc(Br)c(Cl)c1)c1ccc2c(c1)CC(C)O2. The Morgan fingerprint density at radius 3 is 2.67 bits per heavy atom. The second-order valence-corrected chi connectivity index (χ2v) is 6.66. The summed E-state index contributed by atoms with van der Waals surface area (Å²) in [6.45, 7) is 2.10. The third kappa shape index (κ3) is 2.96. The van der Waals surface area contributed by atoms with Crippen molar-refractivity contribution in [1.29, 1.82) is 0 Å². The van der Waals surface area contributed by atoms with Crippen molar-refractivity contribution in [2.75, 3.05) is 7.05 Å². The highest BCUT2D eigenvalue weighted by atomic mass is 79.9.